The first-order valence-electron chi connectivity index (χ1n) is 21.2. The van der Waals surface area contributed by atoms with E-state index < -0.39 is 0 Å². The summed E-state index contributed by atoms with van der Waals surface area (Å²) in [6, 6.07) is 65.9. The maximum atomic E-state index is 4.55. The van der Waals surface area contributed by atoms with Crippen molar-refractivity contribution in [2.45, 2.75) is 0 Å². The van der Waals surface area contributed by atoms with Crippen LogP contribution in [0.25, 0.3) is 116 Å². The minimum atomic E-state index is 1.08. The van der Waals surface area contributed by atoms with E-state index in [1.165, 1.54) is 32.3 Å². The Labute approximate surface area is 362 Å². The summed E-state index contributed by atoms with van der Waals surface area (Å²) >= 11 is 0. The zero-order valence-electron chi connectivity index (χ0n) is 34.0. The summed E-state index contributed by atoms with van der Waals surface area (Å²) in [5.41, 5.74) is 16.7. The number of nitrogens with zero attached hydrogens (tertiary/aromatic N) is 6. The lowest BCUT2D eigenvalue weighted by Crippen LogP contribution is -1.96. The Kier molecular flexibility index (Phi) is 7.80. The quantitative estimate of drug-likeness (QED) is 0.168. The number of hydrogen-bond donors (Lipinski definition) is 0. The molecule has 0 atom stereocenters. The minimum Gasteiger partial charge on any atom is -0.308 e. The normalized spacial score (nSPS) is 11.8. The summed E-state index contributed by atoms with van der Waals surface area (Å²) in [5.74, 6) is 0. The largest absolute Gasteiger partial charge is 0.308 e. The van der Waals surface area contributed by atoms with E-state index in [4.69, 9.17) is 0 Å². The third-order valence-corrected chi connectivity index (χ3v) is 12.7. The lowest BCUT2D eigenvalue weighted by Gasteiger charge is -2.15. The van der Waals surface area contributed by atoms with Gasteiger partial charge in [0, 0.05) is 68.0 Å². The first kappa shape index (κ1) is 35.2. The van der Waals surface area contributed by atoms with Gasteiger partial charge in [-0.25, -0.2) is 0 Å². The molecule has 6 aromatic heterocycles. The molecule has 13 rings (SSSR count). The van der Waals surface area contributed by atoms with Crippen molar-refractivity contribution in [3.8, 4) is 50.4 Å². The molecule has 0 N–H and O–H groups in total. The van der Waals surface area contributed by atoms with E-state index in [9.17, 15) is 0 Å². The number of para-hydroxylation sites is 3. The van der Waals surface area contributed by atoms with E-state index in [0.717, 1.165) is 83.5 Å². The van der Waals surface area contributed by atoms with Crippen LogP contribution in [0.15, 0.2) is 219 Å². The van der Waals surface area contributed by atoms with Gasteiger partial charge in [0.15, 0.2) is 0 Å². The maximum Gasteiger partial charge on any atom is 0.0724 e. The van der Waals surface area contributed by atoms with Gasteiger partial charge in [-0.1, -0.05) is 91.0 Å². The highest BCUT2D eigenvalue weighted by Gasteiger charge is 2.17. The first-order chi connectivity index (χ1) is 31.2. The lowest BCUT2D eigenvalue weighted by atomic mass is 9.93. The third-order valence-electron chi connectivity index (χ3n) is 12.7. The van der Waals surface area contributed by atoms with Gasteiger partial charge < -0.3 is 13.7 Å². The Morgan fingerprint density at radius 3 is 0.873 bits per heavy atom. The van der Waals surface area contributed by atoms with E-state index in [-0.39, 0.29) is 0 Å². The Balaban J connectivity index is 1.01. The fourth-order valence-corrected chi connectivity index (χ4v) is 9.89. The molecule has 0 bridgehead atoms. The molecule has 7 aromatic carbocycles. The zero-order chi connectivity index (χ0) is 41.4. The van der Waals surface area contributed by atoms with Crippen molar-refractivity contribution in [3.05, 3.63) is 219 Å². The van der Waals surface area contributed by atoms with Crippen LogP contribution < -0.4 is 0 Å². The fraction of sp³-hybridized carbons (Fsp3) is 0. The molecule has 0 aliphatic carbocycles. The molecule has 0 aliphatic rings. The number of benzene rings is 7. The van der Waals surface area contributed by atoms with Crippen LogP contribution in [0, 0.1) is 0 Å². The van der Waals surface area contributed by atoms with Crippen molar-refractivity contribution in [2.75, 3.05) is 0 Å². The first-order valence-corrected chi connectivity index (χ1v) is 21.2. The topological polar surface area (TPSA) is 53.5 Å². The highest BCUT2D eigenvalue weighted by atomic mass is 15.0. The molecular weight excluding hydrogens is 769 g/mol. The second-order valence-electron chi connectivity index (χ2n) is 16.2. The Bertz CT molecular complexity index is 3360. The second kappa shape index (κ2) is 14.0. The second-order valence-corrected chi connectivity index (χ2v) is 16.2. The average Bonchev–Trinajstić information content (AvgIpc) is 4.00. The number of rotatable bonds is 6. The molecule has 0 radical (unpaired) electrons. The molecular formula is C57H36N6. The van der Waals surface area contributed by atoms with Crippen LogP contribution in [0.3, 0.4) is 0 Å². The van der Waals surface area contributed by atoms with Gasteiger partial charge >= 0.3 is 0 Å². The molecule has 294 valence electrons. The van der Waals surface area contributed by atoms with Crippen LogP contribution in [0.5, 0.6) is 0 Å². The zero-order valence-corrected chi connectivity index (χ0v) is 34.0. The van der Waals surface area contributed by atoms with Crippen LogP contribution in [-0.2, 0) is 0 Å². The number of fused-ring (bicyclic) bond motifs is 9. The van der Waals surface area contributed by atoms with Crippen LogP contribution >= 0.6 is 0 Å². The Hall–Kier alpha value is -8.61. The van der Waals surface area contributed by atoms with Gasteiger partial charge in [0.1, 0.15) is 0 Å². The van der Waals surface area contributed by atoms with Gasteiger partial charge in [0.05, 0.1) is 51.7 Å². The van der Waals surface area contributed by atoms with Crippen molar-refractivity contribution < 1.29 is 0 Å². The van der Waals surface area contributed by atoms with Crippen molar-refractivity contribution in [1.82, 2.24) is 28.7 Å². The molecule has 6 nitrogen and oxygen atoms in total. The van der Waals surface area contributed by atoms with E-state index >= 15 is 0 Å². The van der Waals surface area contributed by atoms with E-state index in [1.807, 2.05) is 37.2 Å². The monoisotopic (exact) mass is 804 g/mol. The standard InChI is InChI=1S/C57H36N6/c1-4-19-52-46(16-1)49-22-25-58-34-55(49)61(52)43-13-7-10-37(31-43)40-28-41(38-11-8-14-44(32-38)62-53-20-5-2-17-47(53)50-23-26-59-35-56(50)62)30-42(29-40)39-12-9-15-45(33-39)63-54-21-6-3-18-48(54)51-24-27-60-36-57(51)63/h1-36H. The van der Waals surface area contributed by atoms with Crippen molar-refractivity contribution >= 4 is 65.4 Å². The van der Waals surface area contributed by atoms with Crippen LogP contribution in [0.1, 0.15) is 0 Å². The van der Waals surface area contributed by atoms with Gasteiger partial charge in [-0.3, -0.25) is 15.0 Å². The summed E-state index contributed by atoms with van der Waals surface area (Å²) < 4.78 is 7.00. The van der Waals surface area contributed by atoms with E-state index in [1.54, 1.807) is 0 Å². The Morgan fingerprint density at radius 1 is 0.238 bits per heavy atom. The molecule has 0 spiro atoms. The van der Waals surface area contributed by atoms with Crippen LogP contribution in [0.4, 0.5) is 0 Å². The molecule has 13 aromatic rings. The van der Waals surface area contributed by atoms with E-state index in [2.05, 4.69) is 211 Å². The maximum absolute atomic E-state index is 4.55. The molecule has 6 heteroatoms. The van der Waals surface area contributed by atoms with Gasteiger partial charge in [-0.05, 0) is 124 Å². The Morgan fingerprint density at radius 2 is 0.540 bits per heavy atom. The van der Waals surface area contributed by atoms with Crippen molar-refractivity contribution in [1.29, 1.82) is 0 Å². The molecule has 6 heterocycles. The SMILES string of the molecule is c1cc(-c2cc(-c3cccc(-n4c5ccccc5c5ccncc54)c3)cc(-c3cccc(-n4c5ccccc5c5ccncc54)c3)c2)cc(-n2c3ccccc3c3ccncc32)c1. The third kappa shape index (κ3) is 5.55. The van der Waals surface area contributed by atoms with Crippen LogP contribution in [0.2, 0.25) is 0 Å². The molecule has 0 fully saturated rings. The highest BCUT2D eigenvalue weighted by Crippen LogP contribution is 2.39. The number of pyridine rings is 3. The highest BCUT2D eigenvalue weighted by molar-refractivity contribution is 6.11. The lowest BCUT2D eigenvalue weighted by molar-refractivity contribution is 1.16. The molecule has 0 saturated heterocycles. The summed E-state index contributed by atoms with van der Waals surface area (Å²) in [6.07, 6.45) is 11.6. The fourth-order valence-electron chi connectivity index (χ4n) is 9.89. The van der Waals surface area contributed by atoms with Crippen molar-refractivity contribution in [3.63, 3.8) is 0 Å². The predicted molar refractivity (Wildman–Crippen MR) is 259 cm³/mol. The van der Waals surface area contributed by atoms with Gasteiger partial charge in [0.2, 0.25) is 0 Å². The number of aromatic nitrogens is 6. The summed E-state index contributed by atoms with van der Waals surface area (Å²) in [6.45, 7) is 0. The summed E-state index contributed by atoms with van der Waals surface area (Å²) in [5, 5.41) is 7.20. The predicted octanol–water partition coefficient (Wildman–Crippen LogP) is 14.2. The minimum absolute atomic E-state index is 1.08. The van der Waals surface area contributed by atoms with E-state index in [0.29, 0.717) is 0 Å². The van der Waals surface area contributed by atoms with Crippen molar-refractivity contribution in [2.24, 2.45) is 0 Å². The molecule has 0 unspecified atom stereocenters. The molecule has 0 aliphatic heterocycles. The van der Waals surface area contributed by atoms with Crippen LogP contribution in [-0.4, -0.2) is 28.7 Å². The summed E-state index contributed by atoms with van der Waals surface area (Å²) in [7, 11) is 0. The van der Waals surface area contributed by atoms with Gasteiger partial charge in [-0.2, -0.15) is 0 Å². The smallest absolute Gasteiger partial charge is 0.0724 e. The number of hydrogen-bond acceptors (Lipinski definition) is 3. The molecule has 0 amide bonds. The molecule has 63 heavy (non-hydrogen) atoms. The van der Waals surface area contributed by atoms with Gasteiger partial charge in [-0.15, -0.1) is 0 Å². The summed E-state index contributed by atoms with van der Waals surface area (Å²) in [4.78, 5) is 13.7. The van der Waals surface area contributed by atoms with Gasteiger partial charge in [0.25, 0.3) is 0 Å². The average molecular weight is 805 g/mol. The molecule has 0 saturated carbocycles.